The second-order valence-corrected chi connectivity index (χ2v) is 11.1. The maximum Gasteiger partial charge on any atom is 0.417 e. The van der Waals surface area contributed by atoms with Crippen molar-refractivity contribution < 1.29 is 35.9 Å². The summed E-state index contributed by atoms with van der Waals surface area (Å²) in [6.07, 6.45) is -3.54. The van der Waals surface area contributed by atoms with E-state index in [1.807, 2.05) is 0 Å². The number of morpholine rings is 1. The van der Waals surface area contributed by atoms with Crippen molar-refractivity contribution in [2.24, 2.45) is 0 Å². The first-order valence-corrected chi connectivity index (χ1v) is 14.1. The summed E-state index contributed by atoms with van der Waals surface area (Å²) in [5, 5.41) is 2.12. The molecule has 40 heavy (non-hydrogen) atoms. The molecule has 2 aromatic carbocycles. The molecule has 0 saturated carbocycles. The number of rotatable bonds is 9. The van der Waals surface area contributed by atoms with Gasteiger partial charge in [-0.3, -0.25) is 14.4 Å². The van der Waals surface area contributed by atoms with E-state index < -0.39 is 31.7 Å². The number of pyridine rings is 1. The van der Waals surface area contributed by atoms with Gasteiger partial charge < -0.3 is 14.8 Å². The zero-order valence-corrected chi connectivity index (χ0v) is 23.0. The summed E-state index contributed by atoms with van der Waals surface area (Å²) >= 11 is 11.7. The number of carbonyl (C=O) groups excluding carboxylic acids is 1. The molecule has 0 unspecified atom stereocenters. The summed E-state index contributed by atoms with van der Waals surface area (Å²) in [5.41, 5.74) is -1.06. The number of alkyl halides is 3. The summed E-state index contributed by atoms with van der Waals surface area (Å²) in [7, 11) is -4.43. The van der Waals surface area contributed by atoms with Gasteiger partial charge >= 0.3 is 6.18 Å². The molecule has 0 radical (unpaired) electrons. The van der Waals surface area contributed by atoms with E-state index in [2.05, 4.69) is 19.9 Å². The zero-order valence-electron chi connectivity index (χ0n) is 20.7. The van der Waals surface area contributed by atoms with Crippen LogP contribution in [0.3, 0.4) is 0 Å². The molecule has 1 saturated heterocycles. The quantitative estimate of drug-likeness (QED) is 0.345. The van der Waals surface area contributed by atoms with Crippen LogP contribution in [0, 0.1) is 0 Å². The van der Waals surface area contributed by atoms with E-state index in [4.69, 9.17) is 32.7 Å². The number of nitrogens with zero attached hydrogens (tertiary/aromatic N) is 2. The SMILES string of the molecule is O=C(NCCN1CCOCC1)c1cccc(Oc2ncc(Cl)cc2NS(=O)(=O)c2ccc(C(F)(F)F)c(Cl)c2)c1. The van der Waals surface area contributed by atoms with Crippen molar-refractivity contribution in [2.45, 2.75) is 11.1 Å². The molecule has 0 bridgehead atoms. The van der Waals surface area contributed by atoms with Crippen molar-refractivity contribution in [1.82, 2.24) is 15.2 Å². The van der Waals surface area contributed by atoms with Gasteiger partial charge in [0.1, 0.15) is 11.4 Å². The third kappa shape index (κ3) is 7.76. The van der Waals surface area contributed by atoms with E-state index in [9.17, 15) is 26.4 Å². The number of benzene rings is 2. The van der Waals surface area contributed by atoms with Crippen LogP contribution >= 0.6 is 23.2 Å². The topological polar surface area (TPSA) is 110 Å². The molecule has 214 valence electrons. The first-order valence-electron chi connectivity index (χ1n) is 11.8. The number of nitrogens with one attached hydrogen (secondary N) is 2. The second-order valence-electron chi connectivity index (χ2n) is 8.59. The predicted molar refractivity (Wildman–Crippen MR) is 143 cm³/mol. The number of carbonyl (C=O) groups is 1. The lowest BCUT2D eigenvalue weighted by Gasteiger charge is -2.26. The molecule has 9 nitrogen and oxygen atoms in total. The number of anilines is 1. The minimum Gasteiger partial charge on any atom is -0.437 e. The number of halogens is 5. The molecule has 15 heteroatoms. The molecule has 0 spiro atoms. The highest BCUT2D eigenvalue weighted by molar-refractivity contribution is 7.92. The normalized spacial score (nSPS) is 14.5. The molecule has 1 aliphatic heterocycles. The van der Waals surface area contributed by atoms with Crippen molar-refractivity contribution in [3.63, 3.8) is 0 Å². The van der Waals surface area contributed by atoms with Crippen molar-refractivity contribution in [2.75, 3.05) is 44.1 Å². The fourth-order valence-corrected chi connectivity index (χ4v) is 5.33. The molecule has 4 rings (SSSR count). The van der Waals surface area contributed by atoms with Crippen molar-refractivity contribution in [3.8, 4) is 11.6 Å². The van der Waals surface area contributed by atoms with Gasteiger partial charge in [0.15, 0.2) is 0 Å². The molecule has 0 atom stereocenters. The van der Waals surface area contributed by atoms with Gasteiger partial charge in [-0.1, -0.05) is 29.3 Å². The van der Waals surface area contributed by atoms with E-state index in [-0.39, 0.29) is 28.2 Å². The molecule has 1 amide bonds. The summed E-state index contributed by atoms with van der Waals surface area (Å²) in [6.45, 7) is 4.01. The lowest BCUT2D eigenvalue weighted by Crippen LogP contribution is -2.41. The molecular weight excluding hydrogens is 596 g/mol. The Morgan fingerprint density at radius 2 is 1.85 bits per heavy atom. The Kier molecular flexibility index (Phi) is 9.41. The van der Waals surface area contributed by atoms with E-state index in [1.54, 1.807) is 12.1 Å². The molecule has 1 fully saturated rings. The van der Waals surface area contributed by atoms with Crippen LogP contribution in [0.5, 0.6) is 11.6 Å². The largest absolute Gasteiger partial charge is 0.437 e. The number of ether oxygens (including phenoxy) is 2. The number of sulfonamides is 1. The van der Waals surface area contributed by atoms with Gasteiger partial charge in [-0.05, 0) is 42.5 Å². The molecule has 1 aromatic heterocycles. The summed E-state index contributed by atoms with van der Waals surface area (Å²) in [5.74, 6) is -0.368. The summed E-state index contributed by atoms with van der Waals surface area (Å²) in [6, 6.07) is 9.41. The van der Waals surface area contributed by atoms with E-state index in [0.29, 0.717) is 44.0 Å². The Morgan fingerprint density at radius 3 is 2.55 bits per heavy atom. The molecule has 1 aliphatic rings. The van der Waals surface area contributed by atoms with Gasteiger partial charge in [-0.15, -0.1) is 0 Å². The second kappa shape index (κ2) is 12.6. The smallest absolute Gasteiger partial charge is 0.417 e. The van der Waals surface area contributed by atoms with Gasteiger partial charge in [0, 0.05) is 37.9 Å². The van der Waals surface area contributed by atoms with Crippen LogP contribution in [0.2, 0.25) is 10.0 Å². The predicted octanol–water partition coefficient (Wildman–Crippen LogP) is 5.06. The van der Waals surface area contributed by atoms with Crippen LogP contribution in [-0.4, -0.2) is 63.6 Å². The Bertz CT molecular complexity index is 1490. The van der Waals surface area contributed by atoms with Crippen molar-refractivity contribution >= 4 is 44.8 Å². The molecule has 2 heterocycles. The fourth-order valence-electron chi connectivity index (χ4n) is 3.74. The maximum atomic E-state index is 13.0. The number of hydrogen-bond acceptors (Lipinski definition) is 7. The molecule has 0 aliphatic carbocycles. The fraction of sp³-hybridized carbons (Fsp3) is 0.280. The molecular formula is C25H23Cl2F3N4O5S. The number of amides is 1. The van der Waals surface area contributed by atoms with Crippen LogP contribution in [0.4, 0.5) is 18.9 Å². The summed E-state index contributed by atoms with van der Waals surface area (Å²) < 4.78 is 78.2. The van der Waals surface area contributed by atoms with Gasteiger partial charge in [0.05, 0.1) is 33.7 Å². The number of aromatic nitrogens is 1. The average Bonchev–Trinajstić information content (AvgIpc) is 2.90. The van der Waals surface area contributed by atoms with Crippen molar-refractivity contribution in [3.05, 3.63) is 75.9 Å². The van der Waals surface area contributed by atoms with E-state index in [0.717, 1.165) is 19.2 Å². The van der Waals surface area contributed by atoms with Crippen LogP contribution in [0.1, 0.15) is 15.9 Å². The Morgan fingerprint density at radius 1 is 1.10 bits per heavy atom. The Balaban J connectivity index is 1.48. The minimum atomic E-state index is -4.75. The Hall–Kier alpha value is -3.10. The van der Waals surface area contributed by atoms with Crippen molar-refractivity contribution in [1.29, 1.82) is 0 Å². The van der Waals surface area contributed by atoms with Gasteiger partial charge in [-0.25, -0.2) is 13.4 Å². The van der Waals surface area contributed by atoms with Crippen LogP contribution in [0.15, 0.2) is 59.6 Å². The first kappa shape index (κ1) is 29.9. The minimum absolute atomic E-state index is 0.0592. The number of hydrogen-bond donors (Lipinski definition) is 2. The lowest BCUT2D eigenvalue weighted by molar-refractivity contribution is -0.137. The van der Waals surface area contributed by atoms with Gasteiger partial charge in [0.25, 0.3) is 15.9 Å². The monoisotopic (exact) mass is 618 g/mol. The highest BCUT2D eigenvalue weighted by Crippen LogP contribution is 2.37. The third-order valence-electron chi connectivity index (χ3n) is 5.75. The van der Waals surface area contributed by atoms with Gasteiger partial charge in [-0.2, -0.15) is 13.2 Å². The van der Waals surface area contributed by atoms with Crippen LogP contribution in [-0.2, 0) is 20.9 Å². The Labute approximate surface area is 238 Å². The highest BCUT2D eigenvalue weighted by atomic mass is 35.5. The van der Waals surface area contributed by atoms with E-state index >= 15 is 0 Å². The van der Waals surface area contributed by atoms with Gasteiger partial charge in [0.2, 0.25) is 5.88 Å². The standard InChI is InChI=1S/C25H23Cl2F3N4O5S/c26-17-13-22(33-40(36,37)19-4-5-20(21(27)14-19)25(28,29)30)24(32-15-17)39-18-3-1-2-16(12-18)23(35)31-6-7-34-8-10-38-11-9-34/h1-5,12-15,33H,6-11H2,(H,31,35). The highest BCUT2D eigenvalue weighted by Gasteiger charge is 2.34. The van der Waals surface area contributed by atoms with Crippen LogP contribution in [0.25, 0.3) is 0 Å². The first-order chi connectivity index (χ1) is 18.9. The van der Waals surface area contributed by atoms with E-state index in [1.165, 1.54) is 24.4 Å². The maximum absolute atomic E-state index is 13.0. The third-order valence-corrected chi connectivity index (χ3v) is 7.63. The molecule has 2 N–H and O–H groups in total. The molecule has 3 aromatic rings. The van der Waals surface area contributed by atoms with Crippen LogP contribution < -0.4 is 14.8 Å². The average molecular weight is 619 g/mol. The summed E-state index contributed by atoms with van der Waals surface area (Å²) in [4.78, 5) is 18.3. The zero-order chi connectivity index (χ0) is 28.9. The lowest BCUT2D eigenvalue weighted by atomic mass is 10.2.